The fourth-order valence-corrected chi connectivity index (χ4v) is 2.84. The van der Waals surface area contributed by atoms with Gasteiger partial charge in [0.05, 0.1) is 19.3 Å². The van der Waals surface area contributed by atoms with E-state index >= 15 is 0 Å². The minimum absolute atomic E-state index is 0.0856. The first-order valence-corrected chi connectivity index (χ1v) is 7.27. The Morgan fingerprint density at radius 3 is 2.53 bits per heavy atom. The van der Waals surface area contributed by atoms with Gasteiger partial charge >= 0.3 is 0 Å². The number of ether oxygens (including phenoxy) is 2. The lowest BCUT2D eigenvalue weighted by Crippen LogP contribution is -2.17. The molecule has 106 valence electrons. The Kier molecular flexibility index (Phi) is 5.08. The highest BCUT2D eigenvalue weighted by molar-refractivity contribution is 5.46. The average molecular weight is 263 g/mol. The molecule has 3 nitrogen and oxygen atoms in total. The summed E-state index contributed by atoms with van der Waals surface area (Å²) in [4.78, 5) is 0. The molecule has 1 unspecified atom stereocenters. The van der Waals surface area contributed by atoms with Gasteiger partial charge in [-0.25, -0.2) is 0 Å². The molecule has 1 aliphatic rings. The Morgan fingerprint density at radius 1 is 1.21 bits per heavy atom. The molecule has 0 radical (unpaired) electrons. The van der Waals surface area contributed by atoms with E-state index in [2.05, 4.69) is 0 Å². The first-order chi connectivity index (χ1) is 9.22. The van der Waals surface area contributed by atoms with Crippen molar-refractivity contribution in [3.8, 4) is 11.5 Å². The van der Waals surface area contributed by atoms with Crippen molar-refractivity contribution >= 4 is 0 Å². The van der Waals surface area contributed by atoms with Gasteiger partial charge in [0.15, 0.2) is 0 Å². The van der Waals surface area contributed by atoms with Crippen LogP contribution in [0.3, 0.4) is 0 Å². The molecule has 0 bridgehead atoms. The standard InChI is InChI=1S/C16H25NO2/c1-12(17)16-14(18-2)9-6-10-15(16)19-11-13-7-4-3-5-8-13/h6,9-10,12-13H,3-5,7-8,11,17H2,1-2H3. The molecule has 1 saturated carbocycles. The zero-order valence-corrected chi connectivity index (χ0v) is 12.0. The number of rotatable bonds is 5. The van der Waals surface area contributed by atoms with Crippen LogP contribution in [-0.4, -0.2) is 13.7 Å². The van der Waals surface area contributed by atoms with Crippen LogP contribution < -0.4 is 15.2 Å². The monoisotopic (exact) mass is 263 g/mol. The maximum absolute atomic E-state index is 6.04. The van der Waals surface area contributed by atoms with Gasteiger partial charge < -0.3 is 15.2 Å². The highest BCUT2D eigenvalue weighted by atomic mass is 16.5. The van der Waals surface area contributed by atoms with Crippen molar-refractivity contribution in [2.24, 2.45) is 11.7 Å². The summed E-state index contributed by atoms with van der Waals surface area (Å²) in [7, 11) is 1.67. The van der Waals surface area contributed by atoms with E-state index in [0.29, 0.717) is 5.92 Å². The third-order valence-corrected chi connectivity index (χ3v) is 3.90. The summed E-state index contributed by atoms with van der Waals surface area (Å²) in [6, 6.07) is 5.80. The second-order valence-corrected chi connectivity index (χ2v) is 5.48. The number of nitrogens with two attached hydrogens (primary N) is 1. The largest absolute Gasteiger partial charge is 0.496 e. The topological polar surface area (TPSA) is 44.5 Å². The molecule has 1 aromatic carbocycles. The van der Waals surface area contributed by atoms with Crippen molar-refractivity contribution in [1.29, 1.82) is 0 Å². The molecule has 0 aromatic heterocycles. The predicted octanol–water partition coefficient (Wildman–Crippen LogP) is 3.67. The molecule has 1 fully saturated rings. The lowest BCUT2D eigenvalue weighted by molar-refractivity contribution is 0.206. The second kappa shape index (κ2) is 6.80. The van der Waals surface area contributed by atoms with E-state index in [-0.39, 0.29) is 6.04 Å². The van der Waals surface area contributed by atoms with Gasteiger partial charge in [0.1, 0.15) is 11.5 Å². The Bertz CT molecular complexity index is 398. The highest BCUT2D eigenvalue weighted by Crippen LogP contribution is 2.34. The first kappa shape index (κ1) is 14.2. The van der Waals surface area contributed by atoms with Crippen molar-refractivity contribution in [2.45, 2.75) is 45.1 Å². The molecule has 2 rings (SSSR count). The van der Waals surface area contributed by atoms with Crippen molar-refractivity contribution in [3.05, 3.63) is 23.8 Å². The molecule has 3 heteroatoms. The van der Waals surface area contributed by atoms with E-state index in [4.69, 9.17) is 15.2 Å². The molecule has 0 heterocycles. The summed E-state index contributed by atoms with van der Waals surface area (Å²) in [5, 5.41) is 0. The quantitative estimate of drug-likeness (QED) is 0.881. The van der Waals surface area contributed by atoms with Crippen LogP contribution in [-0.2, 0) is 0 Å². The van der Waals surface area contributed by atoms with Crippen molar-refractivity contribution < 1.29 is 9.47 Å². The summed E-state index contributed by atoms with van der Waals surface area (Å²) in [5.74, 6) is 2.39. The van der Waals surface area contributed by atoms with Gasteiger partial charge in [0, 0.05) is 6.04 Å². The summed E-state index contributed by atoms with van der Waals surface area (Å²) >= 11 is 0. The van der Waals surface area contributed by atoms with E-state index in [9.17, 15) is 0 Å². The number of benzene rings is 1. The Labute approximate surface area is 116 Å². The van der Waals surface area contributed by atoms with Gasteiger partial charge in [0.25, 0.3) is 0 Å². The maximum Gasteiger partial charge on any atom is 0.127 e. The van der Waals surface area contributed by atoms with E-state index in [1.165, 1.54) is 32.1 Å². The van der Waals surface area contributed by atoms with Gasteiger partial charge in [-0.05, 0) is 37.8 Å². The van der Waals surface area contributed by atoms with E-state index in [1.807, 2.05) is 25.1 Å². The van der Waals surface area contributed by atoms with E-state index in [1.54, 1.807) is 7.11 Å². The molecular formula is C16H25NO2. The van der Waals surface area contributed by atoms with Crippen LogP contribution in [0, 0.1) is 5.92 Å². The molecule has 1 aliphatic carbocycles. The van der Waals surface area contributed by atoms with Crippen LogP contribution in [0.5, 0.6) is 11.5 Å². The minimum atomic E-state index is -0.0856. The predicted molar refractivity (Wildman–Crippen MR) is 77.7 cm³/mol. The van der Waals surface area contributed by atoms with Crippen LogP contribution in [0.15, 0.2) is 18.2 Å². The molecule has 2 N–H and O–H groups in total. The van der Waals surface area contributed by atoms with Crippen LogP contribution in [0.4, 0.5) is 0 Å². The summed E-state index contributed by atoms with van der Waals surface area (Å²) in [6.07, 6.45) is 6.63. The van der Waals surface area contributed by atoms with Gasteiger partial charge in [-0.1, -0.05) is 25.3 Å². The molecule has 0 spiro atoms. The zero-order valence-electron chi connectivity index (χ0n) is 12.0. The molecule has 1 atom stereocenters. The summed E-state index contributed by atoms with van der Waals surface area (Å²) in [5.41, 5.74) is 7.01. The smallest absolute Gasteiger partial charge is 0.127 e. The normalized spacial score (nSPS) is 18.1. The zero-order chi connectivity index (χ0) is 13.7. The number of hydrogen-bond acceptors (Lipinski definition) is 3. The van der Waals surface area contributed by atoms with Crippen molar-refractivity contribution in [2.75, 3.05) is 13.7 Å². The lowest BCUT2D eigenvalue weighted by Gasteiger charge is -2.23. The van der Waals surface area contributed by atoms with Crippen molar-refractivity contribution in [1.82, 2.24) is 0 Å². The summed E-state index contributed by atoms with van der Waals surface area (Å²) in [6.45, 7) is 2.76. The average Bonchev–Trinajstić information content (AvgIpc) is 2.45. The van der Waals surface area contributed by atoms with Crippen LogP contribution in [0.2, 0.25) is 0 Å². The second-order valence-electron chi connectivity index (χ2n) is 5.48. The van der Waals surface area contributed by atoms with Gasteiger partial charge in [-0.15, -0.1) is 0 Å². The maximum atomic E-state index is 6.04. The minimum Gasteiger partial charge on any atom is -0.496 e. The van der Waals surface area contributed by atoms with E-state index in [0.717, 1.165) is 23.7 Å². The SMILES string of the molecule is COc1cccc(OCC2CCCCC2)c1C(C)N. The van der Waals surface area contributed by atoms with Gasteiger partial charge in [-0.3, -0.25) is 0 Å². The molecule has 0 amide bonds. The third kappa shape index (κ3) is 3.63. The van der Waals surface area contributed by atoms with Crippen LogP contribution >= 0.6 is 0 Å². The Morgan fingerprint density at radius 2 is 1.89 bits per heavy atom. The van der Waals surface area contributed by atoms with Gasteiger partial charge in [0.2, 0.25) is 0 Å². The fourth-order valence-electron chi connectivity index (χ4n) is 2.84. The molecule has 0 saturated heterocycles. The molecule has 1 aromatic rings. The van der Waals surface area contributed by atoms with Crippen molar-refractivity contribution in [3.63, 3.8) is 0 Å². The lowest BCUT2D eigenvalue weighted by atomic mass is 9.90. The fraction of sp³-hybridized carbons (Fsp3) is 0.625. The van der Waals surface area contributed by atoms with Crippen LogP contribution in [0.1, 0.15) is 50.6 Å². The van der Waals surface area contributed by atoms with Crippen LogP contribution in [0.25, 0.3) is 0 Å². The third-order valence-electron chi connectivity index (χ3n) is 3.90. The highest BCUT2D eigenvalue weighted by Gasteiger charge is 2.17. The molecule has 19 heavy (non-hydrogen) atoms. The number of hydrogen-bond donors (Lipinski definition) is 1. The summed E-state index contributed by atoms with van der Waals surface area (Å²) < 4.78 is 11.4. The molecule has 0 aliphatic heterocycles. The van der Waals surface area contributed by atoms with E-state index < -0.39 is 0 Å². The first-order valence-electron chi connectivity index (χ1n) is 7.27. The van der Waals surface area contributed by atoms with Gasteiger partial charge in [-0.2, -0.15) is 0 Å². The number of methoxy groups -OCH3 is 1. The molecular weight excluding hydrogens is 238 g/mol. The Hall–Kier alpha value is -1.22. The Balaban J connectivity index is 2.06.